The van der Waals surface area contributed by atoms with Crippen molar-refractivity contribution in [2.45, 2.75) is 32.5 Å². The molecule has 1 aromatic carbocycles. The van der Waals surface area contributed by atoms with Crippen LogP contribution in [-0.4, -0.2) is 50.4 Å². The minimum atomic E-state index is 0.372. The van der Waals surface area contributed by atoms with E-state index in [1.807, 2.05) is 6.07 Å². The lowest BCUT2D eigenvalue weighted by Gasteiger charge is -2.30. The third-order valence-electron chi connectivity index (χ3n) is 3.62. The number of nitrogens with zero attached hydrogens (tertiary/aromatic N) is 1. The van der Waals surface area contributed by atoms with Gasteiger partial charge in [0.25, 0.3) is 0 Å². The molecule has 1 aliphatic heterocycles. The molecule has 1 aliphatic rings. The Hall–Kier alpha value is -1.10. The number of hydrogen-bond acceptors (Lipinski definition) is 4. The van der Waals surface area contributed by atoms with E-state index in [9.17, 15) is 0 Å². The van der Waals surface area contributed by atoms with Gasteiger partial charge in [0.05, 0.1) is 6.61 Å². The Kier molecular flexibility index (Phi) is 5.83. The van der Waals surface area contributed by atoms with Gasteiger partial charge in [0, 0.05) is 44.4 Å². The summed E-state index contributed by atoms with van der Waals surface area (Å²) in [6.07, 6.45) is 0. The van der Waals surface area contributed by atoms with Crippen molar-refractivity contribution in [1.29, 1.82) is 0 Å². The largest absolute Gasteiger partial charge is 0.492 e. The number of methoxy groups -OCH3 is 1. The molecule has 4 nitrogen and oxygen atoms in total. The van der Waals surface area contributed by atoms with E-state index in [1.54, 1.807) is 7.11 Å². The van der Waals surface area contributed by atoms with Crippen molar-refractivity contribution < 1.29 is 9.47 Å². The third-order valence-corrected chi connectivity index (χ3v) is 3.62. The van der Waals surface area contributed by atoms with Crippen LogP contribution in [0.5, 0.6) is 5.75 Å². The first-order valence-corrected chi connectivity index (χ1v) is 7.37. The first kappa shape index (κ1) is 15.3. The molecule has 0 bridgehead atoms. The van der Waals surface area contributed by atoms with Crippen molar-refractivity contribution in [3.05, 3.63) is 29.8 Å². The molecule has 0 spiro atoms. The molecule has 1 heterocycles. The van der Waals surface area contributed by atoms with Crippen LogP contribution in [0.2, 0.25) is 0 Å². The van der Waals surface area contributed by atoms with Gasteiger partial charge in [-0.3, -0.25) is 4.90 Å². The van der Waals surface area contributed by atoms with Crippen LogP contribution in [0.25, 0.3) is 0 Å². The molecule has 1 N–H and O–H groups in total. The number of ether oxygens (including phenoxy) is 2. The Morgan fingerprint density at radius 1 is 1.35 bits per heavy atom. The summed E-state index contributed by atoms with van der Waals surface area (Å²) in [5.41, 5.74) is 1.26. The normalized spacial score (nSPS) is 17.4. The summed E-state index contributed by atoms with van der Waals surface area (Å²) in [4.78, 5) is 2.45. The summed E-state index contributed by atoms with van der Waals surface area (Å²) in [7, 11) is 1.77. The zero-order valence-corrected chi connectivity index (χ0v) is 12.8. The van der Waals surface area contributed by atoms with Gasteiger partial charge in [-0.1, -0.05) is 32.0 Å². The van der Waals surface area contributed by atoms with Crippen molar-refractivity contribution in [3.63, 3.8) is 0 Å². The molecule has 20 heavy (non-hydrogen) atoms. The van der Waals surface area contributed by atoms with E-state index in [4.69, 9.17) is 9.47 Å². The van der Waals surface area contributed by atoms with E-state index in [-0.39, 0.29) is 0 Å². The van der Waals surface area contributed by atoms with Crippen LogP contribution in [0.3, 0.4) is 0 Å². The fourth-order valence-corrected chi connectivity index (χ4v) is 2.52. The van der Waals surface area contributed by atoms with Gasteiger partial charge in [0.2, 0.25) is 0 Å². The summed E-state index contributed by atoms with van der Waals surface area (Å²) in [6.45, 7) is 8.61. The minimum Gasteiger partial charge on any atom is -0.492 e. The number of nitrogens with one attached hydrogen (secondary N) is 1. The number of rotatable bonds is 6. The Labute approximate surface area is 122 Å². The summed E-state index contributed by atoms with van der Waals surface area (Å²) in [5.74, 6) is 1.02. The second-order valence-corrected chi connectivity index (χ2v) is 5.60. The summed E-state index contributed by atoms with van der Waals surface area (Å²) in [5, 5.41) is 3.51. The molecule has 1 atom stereocenters. The molecule has 1 aromatic rings. The molecule has 0 radical (unpaired) electrons. The topological polar surface area (TPSA) is 33.7 Å². The van der Waals surface area contributed by atoms with Gasteiger partial charge in [-0.05, 0) is 6.07 Å². The molecule has 0 aliphatic carbocycles. The molecular weight excluding hydrogens is 252 g/mol. The van der Waals surface area contributed by atoms with E-state index in [2.05, 4.69) is 42.3 Å². The van der Waals surface area contributed by atoms with Gasteiger partial charge in [-0.25, -0.2) is 0 Å². The molecule has 0 saturated heterocycles. The SMILES string of the molecule is COCC(CNC(C)C)N1CCOc2ccccc2C1. The number of benzene rings is 1. The third kappa shape index (κ3) is 4.20. The second-order valence-electron chi connectivity index (χ2n) is 5.60. The van der Waals surface area contributed by atoms with Gasteiger partial charge in [0.15, 0.2) is 0 Å². The van der Waals surface area contributed by atoms with Gasteiger partial charge >= 0.3 is 0 Å². The summed E-state index contributed by atoms with van der Waals surface area (Å²) < 4.78 is 11.2. The van der Waals surface area contributed by atoms with Crippen LogP contribution in [0.15, 0.2) is 24.3 Å². The van der Waals surface area contributed by atoms with E-state index in [0.29, 0.717) is 12.1 Å². The van der Waals surface area contributed by atoms with Crippen LogP contribution in [0.4, 0.5) is 0 Å². The minimum absolute atomic E-state index is 0.372. The standard InChI is InChI=1S/C16H26N2O2/c1-13(2)17-10-15(12-19-3)18-8-9-20-16-7-5-4-6-14(16)11-18/h4-7,13,15,17H,8-12H2,1-3H3. The van der Waals surface area contributed by atoms with Crippen LogP contribution in [0, 0.1) is 0 Å². The van der Waals surface area contributed by atoms with Crippen molar-refractivity contribution in [2.75, 3.05) is 33.4 Å². The highest BCUT2D eigenvalue weighted by Gasteiger charge is 2.22. The predicted molar refractivity (Wildman–Crippen MR) is 81.1 cm³/mol. The van der Waals surface area contributed by atoms with Gasteiger partial charge in [0.1, 0.15) is 12.4 Å². The Balaban J connectivity index is 2.05. The predicted octanol–water partition coefficient (Wildman–Crippen LogP) is 1.89. The van der Waals surface area contributed by atoms with E-state index in [0.717, 1.165) is 38.6 Å². The molecule has 112 valence electrons. The maximum absolute atomic E-state index is 5.83. The number of para-hydroxylation sites is 1. The highest BCUT2D eigenvalue weighted by molar-refractivity contribution is 5.33. The zero-order valence-electron chi connectivity index (χ0n) is 12.8. The van der Waals surface area contributed by atoms with Gasteiger partial charge in [-0.15, -0.1) is 0 Å². The lowest BCUT2D eigenvalue weighted by atomic mass is 10.1. The van der Waals surface area contributed by atoms with Crippen molar-refractivity contribution in [2.24, 2.45) is 0 Å². The highest BCUT2D eigenvalue weighted by Crippen LogP contribution is 2.23. The summed E-state index contributed by atoms with van der Waals surface area (Å²) >= 11 is 0. The first-order chi connectivity index (χ1) is 9.70. The second kappa shape index (κ2) is 7.62. The lowest BCUT2D eigenvalue weighted by molar-refractivity contribution is 0.0792. The lowest BCUT2D eigenvalue weighted by Crippen LogP contribution is -2.47. The highest BCUT2D eigenvalue weighted by atomic mass is 16.5. The number of fused-ring (bicyclic) bond motifs is 1. The Morgan fingerprint density at radius 3 is 2.90 bits per heavy atom. The van der Waals surface area contributed by atoms with Crippen LogP contribution in [0.1, 0.15) is 19.4 Å². The smallest absolute Gasteiger partial charge is 0.123 e. The molecular formula is C16H26N2O2. The number of hydrogen-bond donors (Lipinski definition) is 1. The average Bonchev–Trinajstić information content (AvgIpc) is 2.65. The molecule has 0 amide bonds. The molecule has 2 rings (SSSR count). The first-order valence-electron chi connectivity index (χ1n) is 7.37. The maximum Gasteiger partial charge on any atom is 0.123 e. The summed E-state index contributed by atoms with van der Waals surface area (Å²) in [6, 6.07) is 9.16. The Morgan fingerprint density at radius 2 is 2.15 bits per heavy atom. The molecule has 4 heteroatoms. The van der Waals surface area contributed by atoms with Gasteiger partial charge in [-0.2, -0.15) is 0 Å². The van der Waals surface area contributed by atoms with Crippen molar-refractivity contribution >= 4 is 0 Å². The van der Waals surface area contributed by atoms with E-state index >= 15 is 0 Å². The van der Waals surface area contributed by atoms with Gasteiger partial charge < -0.3 is 14.8 Å². The van der Waals surface area contributed by atoms with E-state index in [1.165, 1.54) is 5.56 Å². The monoisotopic (exact) mass is 278 g/mol. The van der Waals surface area contributed by atoms with Crippen molar-refractivity contribution in [3.8, 4) is 5.75 Å². The fourth-order valence-electron chi connectivity index (χ4n) is 2.52. The quantitative estimate of drug-likeness (QED) is 0.861. The molecule has 0 saturated carbocycles. The maximum atomic E-state index is 5.83. The van der Waals surface area contributed by atoms with Crippen LogP contribution < -0.4 is 10.1 Å². The molecule has 0 fully saturated rings. The Bertz CT molecular complexity index is 409. The molecule has 0 aromatic heterocycles. The van der Waals surface area contributed by atoms with Crippen LogP contribution >= 0.6 is 0 Å². The average molecular weight is 278 g/mol. The fraction of sp³-hybridized carbons (Fsp3) is 0.625. The van der Waals surface area contributed by atoms with Crippen LogP contribution in [-0.2, 0) is 11.3 Å². The van der Waals surface area contributed by atoms with E-state index < -0.39 is 0 Å². The molecule has 1 unspecified atom stereocenters. The van der Waals surface area contributed by atoms with Crippen molar-refractivity contribution in [1.82, 2.24) is 10.2 Å². The zero-order chi connectivity index (χ0) is 14.4.